The molecule has 0 bridgehead atoms. The second kappa shape index (κ2) is 9.18. The molecule has 0 saturated heterocycles. The van der Waals surface area contributed by atoms with Crippen LogP contribution in [0.5, 0.6) is 0 Å². The van der Waals surface area contributed by atoms with Crippen molar-refractivity contribution in [2.75, 3.05) is 0 Å². The summed E-state index contributed by atoms with van der Waals surface area (Å²) in [6.07, 6.45) is 0. The first-order valence-electron chi connectivity index (χ1n) is 23.0. The lowest BCUT2D eigenvalue weighted by molar-refractivity contribution is 0.630. The van der Waals surface area contributed by atoms with Crippen molar-refractivity contribution in [2.45, 2.75) is 19.1 Å². The molecule has 6 aromatic carbocycles. The summed E-state index contributed by atoms with van der Waals surface area (Å²) in [7, 11) is 0. The fourth-order valence-electron chi connectivity index (χ4n) is 6.99. The van der Waals surface area contributed by atoms with Crippen LogP contribution in [0.2, 0.25) is 0 Å². The number of aromatic nitrogens is 3. The highest BCUT2D eigenvalue weighted by molar-refractivity contribution is 7.25. The Labute approximate surface area is 302 Å². The molecule has 0 radical (unpaired) electrons. The highest BCUT2D eigenvalue weighted by atomic mass is 32.1. The Balaban J connectivity index is 1.34. The average molecular weight is 650 g/mol. The van der Waals surface area contributed by atoms with E-state index in [0.29, 0.717) is 33.3 Å². The number of fused-ring (bicyclic) bond motifs is 11. The van der Waals surface area contributed by atoms with E-state index >= 15 is 0 Å². The number of hydrogen-bond acceptors (Lipinski definition) is 4. The second-order valence-electron chi connectivity index (χ2n) is 11.7. The van der Waals surface area contributed by atoms with E-state index in [0.717, 1.165) is 22.1 Å². The Bertz CT molecular complexity index is 3780. The van der Waals surface area contributed by atoms with Crippen LogP contribution in [0.15, 0.2) is 132 Å². The smallest absolute Gasteiger partial charge is 0.160 e. The largest absolute Gasteiger partial charge is 0.455 e. The number of hydrogen-bond donors (Lipinski definition) is 0. The monoisotopic (exact) mass is 649 g/mol. The molecule has 11 rings (SSSR count). The molecule has 226 valence electrons. The number of benzene rings is 6. The highest BCUT2D eigenvalue weighted by Gasteiger charge is 2.36. The average Bonchev–Trinajstić information content (AvgIpc) is 3.93. The van der Waals surface area contributed by atoms with E-state index in [-0.39, 0.29) is 37.0 Å². The molecule has 0 amide bonds. The maximum Gasteiger partial charge on any atom is 0.160 e. The fraction of sp³-hybridized carbons (Fsp3) is 0.0698. The lowest BCUT2D eigenvalue weighted by Gasteiger charge is -2.35. The van der Waals surface area contributed by atoms with Crippen molar-refractivity contribution >= 4 is 75.4 Å². The van der Waals surface area contributed by atoms with Crippen LogP contribution in [0.4, 0.5) is 0 Å². The van der Waals surface area contributed by atoms with E-state index in [1.807, 2.05) is 36.4 Å². The van der Waals surface area contributed by atoms with Gasteiger partial charge in [0.1, 0.15) is 16.0 Å². The quantitative estimate of drug-likeness (QED) is 0.187. The van der Waals surface area contributed by atoms with Crippen LogP contribution < -0.4 is 0 Å². The summed E-state index contributed by atoms with van der Waals surface area (Å²) in [6, 6.07) is 13.0. The predicted octanol–water partition coefficient (Wildman–Crippen LogP) is 11.8. The lowest BCUT2D eigenvalue weighted by atomic mass is 9.74. The van der Waals surface area contributed by atoms with E-state index in [9.17, 15) is 5.48 Å². The van der Waals surface area contributed by atoms with Crippen LogP contribution >= 0.6 is 11.3 Å². The molecule has 0 N–H and O–H groups in total. The van der Waals surface area contributed by atoms with Crippen LogP contribution in [-0.2, 0) is 5.41 Å². The minimum absolute atomic E-state index is 0.00547. The third kappa shape index (κ3) is 3.33. The molecule has 1 aliphatic rings. The Morgan fingerprint density at radius 1 is 0.750 bits per heavy atom. The summed E-state index contributed by atoms with van der Waals surface area (Å²) in [5.41, 5.74) is -4.07. The zero-order chi connectivity index (χ0) is 45.4. The van der Waals surface area contributed by atoms with E-state index in [4.69, 9.17) is 30.8 Å². The topological polar surface area (TPSA) is 43.9 Å². The highest BCUT2D eigenvalue weighted by Crippen LogP contribution is 2.51. The molecule has 10 aromatic rings. The van der Waals surface area contributed by atoms with Crippen molar-refractivity contribution in [3.05, 3.63) is 138 Å². The van der Waals surface area contributed by atoms with Crippen LogP contribution in [-0.4, -0.2) is 14.5 Å². The molecule has 5 heteroatoms. The number of thiophene rings is 1. The molecular formula is C43H27N3OS. The van der Waals surface area contributed by atoms with Crippen LogP contribution in [0.3, 0.4) is 0 Å². The molecule has 4 aromatic heterocycles. The van der Waals surface area contributed by atoms with Crippen LogP contribution in [0.1, 0.15) is 46.8 Å². The lowest BCUT2D eigenvalue weighted by Crippen LogP contribution is -2.26. The van der Waals surface area contributed by atoms with E-state index in [1.165, 1.54) is 4.57 Å². The molecule has 0 spiro atoms. The van der Waals surface area contributed by atoms with Gasteiger partial charge in [0.05, 0.1) is 36.1 Å². The first kappa shape index (κ1) is 15.4. The maximum atomic E-state index is 10.0. The molecule has 0 saturated carbocycles. The van der Waals surface area contributed by atoms with Gasteiger partial charge >= 0.3 is 0 Å². The molecule has 0 fully saturated rings. The SMILES string of the molecule is [2H]c1c([2H])c2c(c([2H])c1-c1nc(-c3cccc4c3oc3ccccc34)c3ccccc3n1)C(C([2H])([2H])[2H])(C([2H])([2H])[2H])c1c([2H])c([2H])c([2H])c3c4c5c([2H])c([2H])c([2H])c([2H])c5sc4n-2c13. The number of para-hydroxylation sites is 4. The van der Waals surface area contributed by atoms with Gasteiger partial charge in [-0.15, -0.1) is 11.3 Å². The molecule has 1 aliphatic heterocycles. The summed E-state index contributed by atoms with van der Waals surface area (Å²) < 4.78 is 154. The standard InChI is InChI=1S/C43H27N3OS/c1-43(2)31-17-10-15-29-37-28-13-5-8-20-36(28)48-42(37)46(39(29)31)34-22-21-24(23-32(34)43)41-44-33-18-6-3-12-27(33)38(45-41)30-16-9-14-26-25-11-4-7-19-35(25)47-40(26)30/h3-23H,1-2H3/i1D3,2D3,5D,8D,10D,13D,15D,17D,20D,21D,22D,23D. The summed E-state index contributed by atoms with van der Waals surface area (Å²) in [6.45, 7) is -7.34. The Morgan fingerprint density at radius 2 is 1.58 bits per heavy atom. The number of rotatable bonds is 2. The summed E-state index contributed by atoms with van der Waals surface area (Å²) in [5, 5.41) is 1.73. The fourth-order valence-corrected chi connectivity index (χ4v) is 8.12. The van der Waals surface area contributed by atoms with Gasteiger partial charge in [0.15, 0.2) is 5.82 Å². The summed E-state index contributed by atoms with van der Waals surface area (Å²) in [4.78, 5) is 9.68. The van der Waals surface area contributed by atoms with Gasteiger partial charge < -0.3 is 8.98 Å². The van der Waals surface area contributed by atoms with Gasteiger partial charge in [-0.3, -0.25) is 0 Å². The van der Waals surface area contributed by atoms with Gasteiger partial charge in [0.25, 0.3) is 0 Å². The summed E-state index contributed by atoms with van der Waals surface area (Å²) >= 11 is 0.794. The van der Waals surface area contributed by atoms with Crippen molar-refractivity contribution in [1.29, 1.82) is 0 Å². The van der Waals surface area contributed by atoms with Crippen molar-refractivity contribution in [1.82, 2.24) is 14.5 Å². The van der Waals surface area contributed by atoms with Gasteiger partial charge in [-0.25, -0.2) is 9.97 Å². The van der Waals surface area contributed by atoms with E-state index in [1.54, 1.807) is 30.3 Å². The molecule has 4 nitrogen and oxygen atoms in total. The first-order valence-corrected chi connectivity index (χ1v) is 15.8. The molecular weight excluding hydrogens is 607 g/mol. The maximum absolute atomic E-state index is 10.0. The Morgan fingerprint density at radius 3 is 2.52 bits per heavy atom. The second-order valence-corrected chi connectivity index (χ2v) is 12.7. The zero-order valence-electron chi connectivity index (χ0n) is 40.5. The van der Waals surface area contributed by atoms with Crippen molar-refractivity contribution in [3.63, 3.8) is 0 Å². The molecule has 5 heterocycles. The number of furan rings is 1. The minimum Gasteiger partial charge on any atom is -0.455 e. The van der Waals surface area contributed by atoms with Gasteiger partial charge in [-0.05, 0) is 53.5 Å². The predicted molar refractivity (Wildman–Crippen MR) is 200 cm³/mol. The first-order chi connectivity index (χ1) is 30.2. The van der Waals surface area contributed by atoms with Crippen LogP contribution in [0, 0.1) is 0 Å². The molecule has 0 aliphatic carbocycles. The van der Waals surface area contributed by atoms with Gasteiger partial charge in [0.2, 0.25) is 0 Å². The minimum atomic E-state index is -3.67. The van der Waals surface area contributed by atoms with E-state index < -0.39 is 102 Å². The van der Waals surface area contributed by atoms with Gasteiger partial charge in [-0.2, -0.15) is 0 Å². The van der Waals surface area contributed by atoms with Crippen molar-refractivity contribution < 1.29 is 26.3 Å². The third-order valence-corrected chi connectivity index (χ3v) is 10.2. The number of nitrogens with zero attached hydrogens (tertiary/aromatic N) is 3. The van der Waals surface area contributed by atoms with Crippen LogP contribution in [0.25, 0.3) is 92.4 Å². The molecule has 0 atom stereocenters. The van der Waals surface area contributed by atoms with Crippen molar-refractivity contribution in [3.8, 4) is 28.3 Å². The van der Waals surface area contributed by atoms with Crippen molar-refractivity contribution in [2.24, 2.45) is 0 Å². The van der Waals surface area contributed by atoms with Gasteiger partial charge in [-0.1, -0.05) is 98.5 Å². The van der Waals surface area contributed by atoms with Gasteiger partial charge in [0, 0.05) is 61.8 Å². The normalized spacial score (nSPS) is 19.1. The van der Waals surface area contributed by atoms with E-state index in [2.05, 4.69) is 0 Å². The third-order valence-electron chi connectivity index (χ3n) is 9.09. The zero-order valence-corrected chi connectivity index (χ0v) is 25.3. The Hall–Kier alpha value is -5.78. The molecule has 0 unspecified atom stereocenters. The Kier molecular flexibility index (Phi) is 2.95. The summed E-state index contributed by atoms with van der Waals surface area (Å²) in [5.74, 6) is -0.314. The molecule has 48 heavy (non-hydrogen) atoms.